The van der Waals surface area contributed by atoms with Crippen molar-refractivity contribution in [1.82, 2.24) is 9.78 Å². The Bertz CT molecular complexity index is 923. The molecule has 3 aromatic rings. The number of hydrogen-bond donors (Lipinski definition) is 1. The molecule has 4 rings (SSSR count). The van der Waals surface area contributed by atoms with Gasteiger partial charge in [-0.3, -0.25) is 0 Å². The molecule has 0 saturated carbocycles. The molecule has 0 amide bonds. The van der Waals surface area contributed by atoms with E-state index in [1.54, 1.807) is 0 Å². The molecule has 0 bridgehead atoms. The highest BCUT2D eigenvalue weighted by atomic mass is 16.5. The average Bonchev–Trinajstić information content (AvgIpc) is 3.00. The fourth-order valence-corrected chi connectivity index (χ4v) is 3.02. The molecule has 1 aliphatic rings. The number of hydrogen-bond acceptors (Lipinski definition) is 4. The molecule has 1 aliphatic heterocycles. The molecule has 1 aromatic heterocycles. The van der Waals surface area contributed by atoms with E-state index < -0.39 is 0 Å². The second kappa shape index (κ2) is 6.33. The Morgan fingerprint density at radius 1 is 1.12 bits per heavy atom. The van der Waals surface area contributed by atoms with Crippen molar-refractivity contribution >= 4 is 5.82 Å². The molecule has 0 fully saturated rings. The minimum atomic E-state index is 0.494. The van der Waals surface area contributed by atoms with Gasteiger partial charge < -0.3 is 10.1 Å². The number of para-hydroxylation sites is 1. The molecule has 0 saturated heterocycles. The number of anilines is 1. The smallest absolute Gasteiger partial charge is 0.143 e. The van der Waals surface area contributed by atoms with E-state index in [9.17, 15) is 5.26 Å². The van der Waals surface area contributed by atoms with Gasteiger partial charge in [0.15, 0.2) is 0 Å². The zero-order valence-corrected chi connectivity index (χ0v) is 13.9. The molecular formula is C20H18N4O. The molecule has 0 radical (unpaired) electrons. The van der Waals surface area contributed by atoms with Crippen LogP contribution in [0.2, 0.25) is 0 Å². The lowest BCUT2D eigenvalue weighted by Crippen LogP contribution is -2.25. The number of aromatic nitrogens is 2. The van der Waals surface area contributed by atoms with Gasteiger partial charge in [0.1, 0.15) is 34.6 Å². The Hall–Kier alpha value is -3.26. The van der Waals surface area contributed by atoms with Crippen molar-refractivity contribution in [1.29, 1.82) is 5.26 Å². The van der Waals surface area contributed by atoms with Crippen molar-refractivity contribution in [2.24, 2.45) is 5.92 Å². The summed E-state index contributed by atoms with van der Waals surface area (Å²) in [4.78, 5) is 0. The summed E-state index contributed by atoms with van der Waals surface area (Å²) in [6.45, 7) is 3.86. The Labute approximate surface area is 146 Å². The van der Waals surface area contributed by atoms with Gasteiger partial charge in [-0.25, -0.2) is 4.68 Å². The highest BCUT2D eigenvalue weighted by Crippen LogP contribution is 2.32. The number of rotatable bonds is 3. The summed E-state index contributed by atoms with van der Waals surface area (Å²) in [7, 11) is 0. The minimum Gasteiger partial charge on any atom is -0.457 e. The van der Waals surface area contributed by atoms with Gasteiger partial charge in [-0.05, 0) is 42.3 Å². The van der Waals surface area contributed by atoms with Gasteiger partial charge in [-0.15, -0.1) is 0 Å². The van der Waals surface area contributed by atoms with Gasteiger partial charge in [-0.1, -0.05) is 25.1 Å². The highest BCUT2D eigenvalue weighted by molar-refractivity contribution is 5.74. The molecule has 5 heteroatoms. The second-order valence-electron chi connectivity index (χ2n) is 6.29. The van der Waals surface area contributed by atoms with Crippen LogP contribution in [0.5, 0.6) is 11.5 Å². The molecular weight excluding hydrogens is 312 g/mol. The van der Waals surface area contributed by atoms with Crippen molar-refractivity contribution in [3.63, 3.8) is 0 Å². The Balaban J connectivity index is 1.63. The van der Waals surface area contributed by atoms with E-state index in [2.05, 4.69) is 23.4 Å². The zero-order valence-electron chi connectivity index (χ0n) is 13.9. The molecule has 5 nitrogen and oxygen atoms in total. The minimum absolute atomic E-state index is 0.494. The number of nitriles is 1. The lowest BCUT2D eigenvalue weighted by Gasteiger charge is -2.21. The van der Waals surface area contributed by atoms with Crippen molar-refractivity contribution in [2.45, 2.75) is 13.5 Å². The number of fused-ring (bicyclic) bond motifs is 1. The molecule has 2 aromatic carbocycles. The summed E-state index contributed by atoms with van der Waals surface area (Å²) < 4.78 is 7.72. The molecule has 124 valence electrons. The van der Waals surface area contributed by atoms with Crippen LogP contribution in [-0.4, -0.2) is 16.3 Å². The maximum absolute atomic E-state index is 9.57. The van der Waals surface area contributed by atoms with E-state index >= 15 is 0 Å². The van der Waals surface area contributed by atoms with Gasteiger partial charge in [0.05, 0.1) is 0 Å². The van der Waals surface area contributed by atoms with Crippen LogP contribution >= 0.6 is 0 Å². The fourth-order valence-electron chi connectivity index (χ4n) is 3.02. The molecule has 25 heavy (non-hydrogen) atoms. The molecule has 0 spiro atoms. The van der Waals surface area contributed by atoms with E-state index in [0.717, 1.165) is 36.0 Å². The first-order chi connectivity index (χ1) is 12.2. The Kier molecular flexibility index (Phi) is 3.87. The van der Waals surface area contributed by atoms with E-state index in [4.69, 9.17) is 4.74 Å². The molecule has 1 unspecified atom stereocenters. The summed E-state index contributed by atoms with van der Waals surface area (Å²) in [5, 5.41) is 17.5. The largest absolute Gasteiger partial charge is 0.457 e. The first kappa shape index (κ1) is 15.3. The van der Waals surface area contributed by atoms with E-state index in [1.165, 1.54) is 0 Å². The third kappa shape index (κ3) is 2.94. The first-order valence-corrected chi connectivity index (χ1v) is 8.32. The lowest BCUT2D eigenvalue weighted by molar-refractivity contribution is 0.446. The van der Waals surface area contributed by atoms with Crippen molar-refractivity contribution in [3.8, 4) is 28.8 Å². The van der Waals surface area contributed by atoms with Crippen molar-refractivity contribution < 1.29 is 4.74 Å². The predicted octanol–water partition coefficient (Wildman–Crippen LogP) is 4.28. The van der Waals surface area contributed by atoms with E-state index in [1.807, 2.05) is 59.3 Å². The van der Waals surface area contributed by atoms with Crippen LogP contribution in [-0.2, 0) is 6.54 Å². The summed E-state index contributed by atoms with van der Waals surface area (Å²) in [6.07, 6.45) is 0. The topological polar surface area (TPSA) is 62.9 Å². The normalized spacial score (nSPS) is 15.8. The molecule has 1 N–H and O–H groups in total. The Morgan fingerprint density at radius 3 is 2.56 bits per heavy atom. The SMILES string of the molecule is CC1CNc2c(C#N)c(-c3ccc(Oc4ccccc4)cc3)nn2C1. The number of nitrogens with zero attached hydrogens (tertiary/aromatic N) is 3. The van der Waals surface area contributed by atoms with Crippen molar-refractivity contribution in [3.05, 3.63) is 60.2 Å². The van der Waals surface area contributed by atoms with Crippen LogP contribution in [0.1, 0.15) is 12.5 Å². The predicted molar refractivity (Wildman–Crippen MR) is 96.5 cm³/mol. The lowest BCUT2D eigenvalue weighted by atomic mass is 10.1. The molecule has 0 aliphatic carbocycles. The van der Waals surface area contributed by atoms with Gasteiger partial charge in [-0.2, -0.15) is 10.4 Å². The monoisotopic (exact) mass is 330 g/mol. The zero-order chi connectivity index (χ0) is 17.2. The van der Waals surface area contributed by atoms with E-state index in [0.29, 0.717) is 17.2 Å². The standard InChI is InChI=1S/C20H18N4O/c1-14-12-22-20-18(11-21)19(23-24(20)13-14)15-7-9-17(10-8-15)25-16-5-3-2-4-6-16/h2-10,14,22H,12-13H2,1H3. The highest BCUT2D eigenvalue weighted by Gasteiger charge is 2.23. The number of ether oxygens (including phenoxy) is 1. The van der Waals surface area contributed by atoms with Gasteiger partial charge in [0.25, 0.3) is 0 Å². The first-order valence-electron chi connectivity index (χ1n) is 8.32. The Morgan fingerprint density at radius 2 is 1.84 bits per heavy atom. The summed E-state index contributed by atoms with van der Waals surface area (Å²) in [5.74, 6) is 2.86. The fraction of sp³-hybridized carbons (Fsp3) is 0.200. The van der Waals surface area contributed by atoms with Gasteiger partial charge in [0, 0.05) is 18.7 Å². The van der Waals surface area contributed by atoms with Gasteiger partial charge >= 0.3 is 0 Å². The van der Waals surface area contributed by atoms with Crippen LogP contribution in [0.4, 0.5) is 5.82 Å². The maximum Gasteiger partial charge on any atom is 0.143 e. The summed E-state index contributed by atoms with van der Waals surface area (Å²) >= 11 is 0. The van der Waals surface area contributed by atoms with Gasteiger partial charge in [0.2, 0.25) is 0 Å². The van der Waals surface area contributed by atoms with Crippen molar-refractivity contribution in [2.75, 3.05) is 11.9 Å². The average molecular weight is 330 g/mol. The third-order valence-electron chi connectivity index (χ3n) is 4.27. The summed E-state index contributed by atoms with van der Waals surface area (Å²) in [5.41, 5.74) is 2.22. The van der Waals surface area contributed by atoms with Crippen LogP contribution in [0.25, 0.3) is 11.3 Å². The van der Waals surface area contributed by atoms with Crippen LogP contribution in [0.3, 0.4) is 0 Å². The summed E-state index contributed by atoms with van der Waals surface area (Å²) in [6, 6.07) is 19.6. The third-order valence-corrected chi connectivity index (χ3v) is 4.27. The molecule has 1 atom stereocenters. The molecule has 2 heterocycles. The number of benzene rings is 2. The van der Waals surface area contributed by atoms with Crippen LogP contribution in [0.15, 0.2) is 54.6 Å². The maximum atomic E-state index is 9.57. The second-order valence-corrected chi connectivity index (χ2v) is 6.29. The quantitative estimate of drug-likeness (QED) is 0.779. The van der Waals surface area contributed by atoms with Crippen LogP contribution < -0.4 is 10.1 Å². The van der Waals surface area contributed by atoms with E-state index in [-0.39, 0.29) is 0 Å². The number of nitrogens with one attached hydrogen (secondary N) is 1. The van der Waals surface area contributed by atoms with Crippen LogP contribution in [0, 0.1) is 17.2 Å².